The number of carbonyl (C=O) groups excluding carboxylic acids is 1. The molecule has 1 amide bonds. The molecular weight excluding hydrogens is 228 g/mol. The molecule has 2 rings (SSSR count). The molecule has 18 heavy (non-hydrogen) atoms. The Balaban J connectivity index is 2.10. The fourth-order valence-corrected chi connectivity index (χ4v) is 2.16. The molecule has 0 radical (unpaired) electrons. The highest BCUT2D eigenvalue weighted by molar-refractivity contribution is 5.86. The monoisotopic (exact) mass is 248 g/mol. The molecule has 1 atom stereocenters. The maximum Gasteiger partial charge on any atom is 0.240 e. The average molecular weight is 248 g/mol. The van der Waals surface area contributed by atoms with Crippen molar-refractivity contribution in [3.8, 4) is 5.75 Å². The fraction of sp³-hybridized carbons (Fsp3) is 0.500. The van der Waals surface area contributed by atoms with Crippen LogP contribution in [0.1, 0.15) is 38.3 Å². The number of rotatable bonds is 4. The lowest BCUT2D eigenvalue weighted by Gasteiger charge is -2.27. The lowest BCUT2D eigenvalue weighted by molar-refractivity contribution is -0.127. The molecule has 1 aromatic rings. The molecule has 1 aromatic carbocycles. The fourth-order valence-electron chi connectivity index (χ4n) is 2.16. The van der Waals surface area contributed by atoms with E-state index in [2.05, 4.69) is 5.32 Å². The van der Waals surface area contributed by atoms with Gasteiger partial charge >= 0.3 is 0 Å². The van der Waals surface area contributed by atoms with Crippen molar-refractivity contribution in [2.75, 3.05) is 6.61 Å². The first-order chi connectivity index (χ1) is 8.60. The minimum Gasteiger partial charge on any atom is -0.491 e. The zero-order valence-electron chi connectivity index (χ0n) is 10.9. The van der Waals surface area contributed by atoms with E-state index in [0.29, 0.717) is 19.4 Å². The van der Waals surface area contributed by atoms with Crippen molar-refractivity contribution < 1.29 is 9.53 Å². The van der Waals surface area contributed by atoms with E-state index in [1.807, 2.05) is 38.1 Å². The van der Waals surface area contributed by atoms with Crippen LogP contribution in [-0.2, 0) is 4.79 Å². The van der Waals surface area contributed by atoms with E-state index in [9.17, 15) is 4.79 Å². The first-order valence-corrected chi connectivity index (χ1v) is 6.42. The molecule has 1 unspecified atom stereocenters. The van der Waals surface area contributed by atoms with Gasteiger partial charge in [-0.25, -0.2) is 0 Å². The van der Waals surface area contributed by atoms with Gasteiger partial charge < -0.3 is 15.8 Å². The normalized spacial score (nSPS) is 18.1. The maximum absolute atomic E-state index is 12.2. The Bertz CT molecular complexity index is 441. The molecule has 1 heterocycles. The zero-order chi connectivity index (χ0) is 13.2. The van der Waals surface area contributed by atoms with Gasteiger partial charge in [-0.2, -0.15) is 0 Å². The lowest BCUT2D eigenvalue weighted by Crippen LogP contribution is -2.54. The SMILES string of the molecule is CCC(N)(CC)C(=O)NC1COc2ccccc21. The zero-order valence-corrected chi connectivity index (χ0v) is 10.9. The van der Waals surface area contributed by atoms with Crippen LogP contribution < -0.4 is 15.8 Å². The summed E-state index contributed by atoms with van der Waals surface area (Å²) in [5.41, 5.74) is 6.33. The van der Waals surface area contributed by atoms with Gasteiger partial charge in [-0.05, 0) is 18.9 Å². The number of hydrogen-bond acceptors (Lipinski definition) is 3. The number of benzene rings is 1. The van der Waals surface area contributed by atoms with Crippen molar-refractivity contribution in [2.24, 2.45) is 5.73 Å². The Morgan fingerprint density at radius 3 is 2.78 bits per heavy atom. The molecule has 98 valence electrons. The maximum atomic E-state index is 12.2. The Morgan fingerprint density at radius 1 is 1.44 bits per heavy atom. The van der Waals surface area contributed by atoms with Crippen molar-refractivity contribution in [1.29, 1.82) is 0 Å². The minimum atomic E-state index is -0.780. The minimum absolute atomic E-state index is 0.0882. The lowest BCUT2D eigenvalue weighted by atomic mass is 9.92. The van der Waals surface area contributed by atoms with Crippen LogP contribution in [0.25, 0.3) is 0 Å². The Labute approximate surface area is 108 Å². The van der Waals surface area contributed by atoms with Gasteiger partial charge in [-0.3, -0.25) is 4.79 Å². The summed E-state index contributed by atoms with van der Waals surface area (Å²) in [6.45, 7) is 4.35. The summed E-state index contributed by atoms with van der Waals surface area (Å²) in [6.07, 6.45) is 1.26. The van der Waals surface area contributed by atoms with Crippen molar-refractivity contribution in [1.82, 2.24) is 5.32 Å². The molecule has 4 heteroatoms. The molecule has 3 N–H and O–H groups in total. The van der Waals surface area contributed by atoms with E-state index < -0.39 is 5.54 Å². The summed E-state index contributed by atoms with van der Waals surface area (Å²) in [5.74, 6) is 0.747. The van der Waals surface area contributed by atoms with Gasteiger partial charge in [0.05, 0.1) is 11.6 Å². The molecule has 0 saturated carbocycles. The van der Waals surface area contributed by atoms with Gasteiger partial charge in [0.1, 0.15) is 12.4 Å². The van der Waals surface area contributed by atoms with Crippen molar-refractivity contribution in [3.63, 3.8) is 0 Å². The molecule has 0 fully saturated rings. The smallest absolute Gasteiger partial charge is 0.240 e. The van der Waals surface area contributed by atoms with Crippen molar-refractivity contribution in [2.45, 2.75) is 38.3 Å². The number of amides is 1. The first-order valence-electron chi connectivity index (χ1n) is 6.42. The van der Waals surface area contributed by atoms with E-state index in [1.165, 1.54) is 0 Å². The number of fused-ring (bicyclic) bond motifs is 1. The second-order valence-electron chi connectivity index (χ2n) is 4.74. The van der Waals surface area contributed by atoms with E-state index >= 15 is 0 Å². The highest BCUT2D eigenvalue weighted by Crippen LogP contribution is 2.32. The Kier molecular flexibility index (Phi) is 3.57. The number of para-hydroxylation sites is 1. The Morgan fingerprint density at radius 2 is 2.11 bits per heavy atom. The largest absolute Gasteiger partial charge is 0.491 e. The van der Waals surface area contributed by atoms with Crippen LogP contribution in [0.4, 0.5) is 0 Å². The molecule has 1 aliphatic rings. The van der Waals surface area contributed by atoms with Gasteiger partial charge in [0.2, 0.25) is 5.91 Å². The predicted octanol–water partition coefficient (Wildman–Crippen LogP) is 1.75. The predicted molar refractivity (Wildman–Crippen MR) is 70.3 cm³/mol. The molecular formula is C14H20N2O2. The van der Waals surface area contributed by atoms with E-state index in [-0.39, 0.29) is 11.9 Å². The topological polar surface area (TPSA) is 64.4 Å². The molecule has 0 bridgehead atoms. The van der Waals surface area contributed by atoms with Gasteiger partial charge in [-0.1, -0.05) is 32.0 Å². The summed E-state index contributed by atoms with van der Waals surface area (Å²) in [4.78, 5) is 12.2. The van der Waals surface area contributed by atoms with E-state index in [0.717, 1.165) is 11.3 Å². The molecule has 0 saturated heterocycles. The molecule has 0 aromatic heterocycles. The number of nitrogens with two attached hydrogens (primary N) is 1. The third kappa shape index (κ3) is 2.20. The van der Waals surface area contributed by atoms with Crippen LogP contribution in [0.3, 0.4) is 0 Å². The van der Waals surface area contributed by atoms with Crippen LogP contribution in [-0.4, -0.2) is 18.1 Å². The van der Waals surface area contributed by atoms with E-state index in [1.54, 1.807) is 0 Å². The second kappa shape index (κ2) is 4.98. The van der Waals surface area contributed by atoms with E-state index in [4.69, 9.17) is 10.5 Å². The van der Waals surface area contributed by atoms with Crippen LogP contribution in [0, 0.1) is 0 Å². The number of nitrogens with one attached hydrogen (secondary N) is 1. The Hall–Kier alpha value is -1.55. The van der Waals surface area contributed by atoms with Crippen LogP contribution in [0.5, 0.6) is 5.75 Å². The summed E-state index contributed by atoms with van der Waals surface area (Å²) in [7, 11) is 0. The van der Waals surface area contributed by atoms with Crippen LogP contribution in [0.15, 0.2) is 24.3 Å². The van der Waals surface area contributed by atoms with Crippen LogP contribution in [0.2, 0.25) is 0 Å². The van der Waals surface area contributed by atoms with Gasteiger partial charge in [0, 0.05) is 5.56 Å². The summed E-state index contributed by atoms with van der Waals surface area (Å²) in [6, 6.07) is 7.67. The third-order valence-corrected chi connectivity index (χ3v) is 3.72. The highest BCUT2D eigenvalue weighted by atomic mass is 16.5. The van der Waals surface area contributed by atoms with Gasteiger partial charge in [0.25, 0.3) is 0 Å². The third-order valence-electron chi connectivity index (χ3n) is 3.72. The molecule has 0 spiro atoms. The second-order valence-corrected chi connectivity index (χ2v) is 4.74. The average Bonchev–Trinajstić information content (AvgIpc) is 2.81. The summed E-state index contributed by atoms with van der Waals surface area (Å²) in [5, 5.41) is 2.99. The molecule has 4 nitrogen and oxygen atoms in total. The number of carbonyl (C=O) groups is 1. The van der Waals surface area contributed by atoms with Crippen molar-refractivity contribution in [3.05, 3.63) is 29.8 Å². The quantitative estimate of drug-likeness (QED) is 0.853. The molecule has 0 aliphatic carbocycles. The number of ether oxygens (including phenoxy) is 1. The standard InChI is InChI=1S/C14H20N2O2/c1-3-14(15,4-2)13(17)16-11-9-18-12-8-6-5-7-10(11)12/h5-8,11H,3-4,9,15H2,1-2H3,(H,16,17). The first kappa shape index (κ1) is 12.9. The summed E-state index contributed by atoms with van der Waals surface area (Å²) >= 11 is 0. The van der Waals surface area contributed by atoms with Gasteiger partial charge in [0.15, 0.2) is 0 Å². The highest BCUT2D eigenvalue weighted by Gasteiger charge is 2.33. The van der Waals surface area contributed by atoms with Crippen molar-refractivity contribution >= 4 is 5.91 Å². The summed E-state index contributed by atoms with van der Waals surface area (Å²) < 4.78 is 5.54. The number of hydrogen-bond donors (Lipinski definition) is 2. The molecule has 1 aliphatic heterocycles. The van der Waals surface area contributed by atoms with Crippen LogP contribution >= 0.6 is 0 Å². The van der Waals surface area contributed by atoms with Gasteiger partial charge in [-0.15, -0.1) is 0 Å².